The molecule has 2 rings (SSSR count). The van der Waals surface area contributed by atoms with Gasteiger partial charge < -0.3 is 11.1 Å². The van der Waals surface area contributed by atoms with E-state index in [4.69, 9.17) is 5.73 Å². The minimum atomic E-state index is 0.452. The maximum absolute atomic E-state index is 6.23. The second kappa shape index (κ2) is 6.41. The van der Waals surface area contributed by atoms with Crippen LogP contribution in [0.5, 0.6) is 0 Å². The van der Waals surface area contributed by atoms with Crippen molar-refractivity contribution < 1.29 is 0 Å². The third-order valence-electron chi connectivity index (χ3n) is 3.50. The molecular formula is C16H23N3. The highest BCUT2D eigenvalue weighted by atomic mass is 14.9. The normalized spacial score (nSPS) is 12.5. The van der Waals surface area contributed by atoms with Gasteiger partial charge in [-0.2, -0.15) is 0 Å². The van der Waals surface area contributed by atoms with E-state index in [-0.39, 0.29) is 0 Å². The molecule has 0 saturated heterocycles. The van der Waals surface area contributed by atoms with Gasteiger partial charge in [0.2, 0.25) is 0 Å². The zero-order chi connectivity index (χ0) is 13.7. The fourth-order valence-corrected chi connectivity index (χ4v) is 2.36. The maximum atomic E-state index is 6.23. The average Bonchev–Trinajstić information content (AvgIpc) is 2.43. The Hall–Kier alpha value is -1.77. The molecule has 102 valence electrons. The van der Waals surface area contributed by atoms with Crippen LogP contribution in [0.1, 0.15) is 39.5 Å². The molecule has 1 heterocycles. The summed E-state index contributed by atoms with van der Waals surface area (Å²) in [6.07, 6.45) is 8.64. The van der Waals surface area contributed by atoms with Gasteiger partial charge in [0.05, 0.1) is 11.4 Å². The number of nitrogens with zero attached hydrogens (tertiary/aromatic N) is 1. The van der Waals surface area contributed by atoms with Gasteiger partial charge >= 0.3 is 0 Å². The molecule has 3 nitrogen and oxygen atoms in total. The third-order valence-corrected chi connectivity index (χ3v) is 3.50. The fraction of sp³-hybridized carbons (Fsp3) is 0.438. The van der Waals surface area contributed by atoms with Crippen LogP contribution in [0.25, 0.3) is 10.8 Å². The topological polar surface area (TPSA) is 50.9 Å². The Morgan fingerprint density at radius 2 is 2.11 bits per heavy atom. The molecular weight excluding hydrogens is 234 g/mol. The summed E-state index contributed by atoms with van der Waals surface area (Å²) in [7, 11) is 0. The number of rotatable bonds is 6. The van der Waals surface area contributed by atoms with E-state index in [1.807, 2.05) is 12.3 Å². The quantitative estimate of drug-likeness (QED) is 0.602. The summed E-state index contributed by atoms with van der Waals surface area (Å²) in [6, 6.07) is 6.54. The van der Waals surface area contributed by atoms with Gasteiger partial charge in [0.25, 0.3) is 0 Å². The van der Waals surface area contributed by atoms with Crippen molar-refractivity contribution in [2.45, 2.75) is 45.6 Å². The van der Waals surface area contributed by atoms with E-state index in [2.05, 4.69) is 36.3 Å². The lowest BCUT2D eigenvalue weighted by atomic mass is 10.1. The molecule has 0 aliphatic carbocycles. The lowest BCUT2D eigenvalue weighted by Crippen LogP contribution is -2.16. The van der Waals surface area contributed by atoms with Crippen LogP contribution in [-0.2, 0) is 0 Å². The molecule has 0 radical (unpaired) electrons. The van der Waals surface area contributed by atoms with Crippen LogP contribution in [0.15, 0.2) is 30.6 Å². The third kappa shape index (κ3) is 3.37. The molecule has 0 aliphatic heterocycles. The number of benzene rings is 1. The molecule has 1 aromatic carbocycles. The molecule has 1 atom stereocenters. The minimum Gasteiger partial charge on any atom is -0.397 e. The Morgan fingerprint density at radius 1 is 1.26 bits per heavy atom. The Morgan fingerprint density at radius 3 is 2.89 bits per heavy atom. The molecule has 0 bridgehead atoms. The summed E-state index contributed by atoms with van der Waals surface area (Å²) in [5, 5.41) is 5.67. The highest BCUT2D eigenvalue weighted by molar-refractivity contribution is 5.98. The first-order valence-electron chi connectivity index (χ1n) is 7.11. The van der Waals surface area contributed by atoms with E-state index < -0.39 is 0 Å². The number of unbranched alkanes of at least 4 members (excludes halogenated alkanes) is 2. The van der Waals surface area contributed by atoms with E-state index in [1.165, 1.54) is 25.7 Å². The first-order chi connectivity index (χ1) is 9.22. The first kappa shape index (κ1) is 13.7. The number of nitrogen functional groups attached to an aromatic ring is 1. The summed E-state index contributed by atoms with van der Waals surface area (Å²) >= 11 is 0. The molecule has 0 spiro atoms. The van der Waals surface area contributed by atoms with Crippen molar-refractivity contribution in [3.8, 4) is 0 Å². The van der Waals surface area contributed by atoms with Crippen molar-refractivity contribution in [2.75, 3.05) is 11.1 Å². The minimum absolute atomic E-state index is 0.452. The molecule has 1 aromatic heterocycles. The van der Waals surface area contributed by atoms with Crippen LogP contribution in [0, 0.1) is 0 Å². The summed E-state index contributed by atoms with van der Waals surface area (Å²) in [5.41, 5.74) is 8.08. The second-order valence-corrected chi connectivity index (χ2v) is 5.16. The van der Waals surface area contributed by atoms with E-state index in [0.717, 1.165) is 22.1 Å². The zero-order valence-electron chi connectivity index (χ0n) is 11.8. The van der Waals surface area contributed by atoms with Crippen LogP contribution in [0.2, 0.25) is 0 Å². The van der Waals surface area contributed by atoms with E-state index in [0.29, 0.717) is 6.04 Å². The number of fused-ring (bicyclic) bond motifs is 1. The molecule has 0 amide bonds. The maximum Gasteiger partial charge on any atom is 0.0630 e. The predicted molar refractivity (Wildman–Crippen MR) is 83.4 cm³/mol. The van der Waals surface area contributed by atoms with E-state index >= 15 is 0 Å². The predicted octanol–water partition coefficient (Wildman–Crippen LogP) is 4.20. The van der Waals surface area contributed by atoms with Crippen molar-refractivity contribution in [1.82, 2.24) is 4.98 Å². The van der Waals surface area contributed by atoms with Gasteiger partial charge in [0.1, 0.15) is 0 Å². The number of hydrogen-bond donors (Lipinski definition) is 2. The molecule has 1 unspecified atom stereocenters. The van der Waals surface area contributed by atoms with Crippen LogP contribution in [-0.4, -0.2) is 11.0 Å². The zero-order valence-corrected chi connectivity index (χ0v) is 11.8. The highest BCUT2D eigenvalue weighted by Crippen LogP contribution is 2.28. The van der Waals surface area contributed by atoms with Gasteiger partial charge in [-0.05, 0) is 25.5 Å². The largest absolute Gasteiger partial charge is 0.397 e. The average molecular weight is 257 g/mol. The number of hydrogen-bond acceptors (Lipinski definition) is 3. The summed E-state index contributed by atoms with van der Waals surface area (Å²) in [4.78, 5) is 4.12. The Bertz CT molecular complexity index is 537. The molecule has 0 saturated carbocycles. The number of nitrogens with two attached hydrogens (primary N) is 1. The smallest absolute Gasteiger partial charge is 0.0630 e. The molecule has 19 heavy (non-hydrogen) atoms. The van der Waals surface area contributed by atoms with Gasteiger partial charge in [0, 0.05) is 29.2 Å². The number of nitrogens with one attached hydrogen (secondary N) is 1. The summed E-state index contributed by atoms with van der Waals surface area (Å²) in [5.74, 6) is 0. The number of anilines is 2. The van der Waals surface area contributed by atoms with Gasteiger partial charge in [-0.3, -0.25) is 4.98 Å². The Kier molecular flexibility index (Phi) is 4.61. The van der Waals surface area contributed by atoms with Crippen molar-refractivity contribution in [3.05, 3.63) is 30.6 Å². The van der Waals surface area contributed by atoms with Crippen LogP contribution in [0.3, 0.4) is 0 Å². The fourth-order valence-electron chi connectivity index (χ4n) is 2.36. The van der Waals surface area contributed by atoms with Gasteiger partial charge in [-0.15, -0.1) is 0 Å². The van der Waals surface area contributed by atoms with Crippen molar-refractivity contribution in [2.24, 2.45) is 0 Å². The number of pyridine rings is 1. The molecule has 2 aromatic rings. The lowest BCUT2D eigenvalue weighted by molar-refractivity contribution is 0.615. The standard InChI is InChI=1S/C16H23N3/c1-3-4-5-6-12(2)19-15-8-7-13-11-18-10-9-14(13)16(15)17/h7-12,19H,3-6,17H2,1-2H3. The van der Waals surface area contributed by atoms with Crippen LogP contribution >= 0.6 is 0 Å². The summed E-state index contributed by atoms with van der Waals surface area (Å²) in [6.45, 7) is 4.44. The molecule has 0 fully saturated rings. The first-order valence-corrected chi connectivity index (χ1v) is 7.11. The summed E-state index contributed by atoms with van der Waals surface area (Å²) < 4.78 is 0. The van der Waals surface area contributed by atoms with Gasteiger partial charge in [-0.25, -0.2) is 0 Å². The van der Waals surface area contributed by atoms with E-state index in [1.54, 1.807) is 6.20 Å². The van der Waals surface area contributed by atoms with Crippen molar-refractivity contribution in [1.29, 1.82) is 0 Å². The Labute approximate surface area is 115 Å². The van der Waals surface area contributed by atoms with Gasteiger partial charge in [-0.1, -0.05) is 32.3 Å². The molecule has 3 N–H and O–H groups in total. The van der Waals surface area contributed by atoms with Gasteiger partial charge in [0.15, 0.2) is 0 Å². The van der Waals surface area contributed by atoms with E-state index in [9.17, 15) is 0 Å². The SMILES string of the molecule is CCCCCC(C)Nc1ccc2cnccc2c1N. The number of aromatic nitrogens is 1. The van der Waals surface area contributed by atoms with Crippen molar-refractivity contribution in [3.63, 3.8) is 0 Å². The lowest BCUT2D eigenvalue weighted by Gasteiger charge is -2.17. The second-order valence-electron chi connectivity index (χ2n) is 5.16. The molecule has 3 heteroatoms. The van der Waals surface area contributed by atoms with Crippen LogP contribution < -0.4 is 11.1 Å². The molecule has 0 aliphatic rings. The Balaban J connectivity index is 2.10. The monoisotopic (exact) mass is 257 g/mol. The van der Waals surface area contributed by atoms with Crippen LogP contribution in [0.4, 0.5) is 11.4 Å². The van der Waals surface area contributed by atoms with Crippen molar-refractivity contribution >= 4 is 22.1 Å². The highest BCUT2D eigenvalue weighted by Gasteiger charge is 2.07.